The number of nitrogens with one attached hydrogen (secondary N) is 1. The van der Waals surface area contributed by atoms with E-state index in [1.54, 1.807) is 0 Å². The number of para-hydroxylation sites is 1. The van der Waals surface area contributed by atoms with Gasteiger partial charge in [0.2, 0.25) is 9.84 Å². The third-order valence-corrected chi connectivity index (χ3v) is 4.75. The lowest BCUT2D eigenvalue weighted by molar-refractivity contribution is -0.385. The smallest absolute Gasteiger partial charge is 0.345 e. The van der Waals surface area contributed by atoms with Gasteiger partial charge in [0.05, 0.1) is 9.82 Å². The number of amides is 1. The van der Waals surface area contributed by atoms with E-state index in [0.717, 1.165) is 30.3 Å². The summed E-state index contributed by atoms with van der Waals surface area (Å²) in [6, 6.07) is 8.95. The van der Waals surface area contributed by atoms with Gasteiger partial charge in [-0.25, -0.2) is 13.2 Å². The first-order chi connectivity index (χ1) is 13.1. The summed E-state index contributed by atoms with van der Waals surface area (Å²) >= 11 is 0. The zero-order valence-electron chi connectivity index (χ0n) is 13.9. The molecule has 0 saturated carbocycles. The predicted octanol–water partition coefficient (Wildman–Crippen LogP) is 2.39. The average Bonchev–Trinajstić information content (AvgIpc) is 2.66. The number of rotatable bonds is 7. The maximum atomic E-state index is 12.5. The van der Waals surface area contributed by atoms with Crippen molar-refractivity contribution in [2.75, 3.05) is 11.9 Å². The lowest BCUT2D eigenvalue weighted by atomic mass is 10.2. The van der Waals surface area contributed by atoms with Crippen LogP contribution in [0.5, 0.6) is 0 Å². The average molecular weight is 414 g/mol. The Morgan fingerprint density at radius 3 is 2.29 bits per heavy atom. The second-order valence-corrected chi connectivity index (χ2v) is 7.15. The molecule has 0 aromatic heterocycles. The highest BCUT2D eigenvalue weighted by Gasteiger charge is 2.26. The molecule has 12 heteroatoms. The Hall–Kier alpha value is -3.41. The first-order valence-electron chi connectivity index (χ1n) is 7.45. The molecule has 28 heavy (non-hydrogen) atoms. The Balaban J connectivity index is 1.98. The van der Waals surface area contributed by atoms with Crippen LogP contribution in [0.4, 0.5) is 20.2 Å². The van der Waals surface area contributed by atoms with Gasteiger partial charge in [-0.3, -0.25) is 14.9 Å². The van der Waals surface area contributed by atoms with Gasteiger partial charge in [-0.15, -0.1) is 0 Å². The molecule has 0 bridgehead atoms. The molecular weight excluding hydrogens is 402 g/mol. The topological polar surface area (TPSA) is 133 Å². The fourth-order valence-corrected chi connectivity index (χ4v) is 2.76. The highest BCUT2D eigenvalue weighted by molar-refractivity contribution is 7.91. The minimum Gasteiger partial charge on any atom is -0.452 e. The van der Waals surface area contributed by atoms with Crippen molar-refractivity contribution < 1.29 is 36.4 Å². The van der Waals surface area contributed by atoms with Crippen LogP contribution in [0, 0.1) is 10.1 Å². The first-order valence-corrected chi connectivity index (χ1v) is 9.00. The van der Waals surface area contributed by atoms with Gasteiger partial charge >= 0.3 is 11.7 Å². The van der Waals surface area contributed by atoms with E-state index in [-0.39, 0.29) is 11.3 Å². The van der Waals surface area contributed by atoms with Crippen molar-refractivity contribution in [3.63, 3.8) is 0 Å². The third-order valence-electron chi connectivity index (χ3n) is 3.36. The van der Waals surface area contributed by atoms with Crippen LogP contribution in [-0.4, -0.2) is 37.6 Å². The van der Waals surface area contributed by atoms with Gasteiger partial charge < -0.3 is 10.1 Å². The zero-order chi connectivity index (χ0) is 20.9. The summed E-state index contributed by atoms with van der Waals surface area (Å²) in [6.45, 7) is -0.776. The quantitative estimate of drug-likeness (QED) is 0.418. The van der Waals surface area contributed by atoms with Gasteiger partial charge in [-0.1, -0.05) is 12.1 Å². The number of benzene rings is 2. The van der Waals surface area contributed by atoms with Crippen molar-refractivity contribution in [3.05, 3.63) is 64.2 Å². The summed E-state index contributed by atoms with van der Waals surface area (Å²) in [7, 11) is -4.76. The molecule has 0 atom stereocenters. The molecule has 0 saturated heterocycles. The fraction of sp³-hybridized carbons (Fsp3) is 0.125. The van der Waals surface area contributed by atoms with Crippen LogP contribution in [0.2, 0.25) is 0 Å². The van der Waals surface area contributed by atoms with Crippen LogP contribution >= 0.6 is 0 Å². The molecule has 9 nitrogen and oxygen atoms in total. The fourth-order valence-electron chi connectivity index (χ4n) is 2.04. The predicted molar refractivity (Wildman–Crippen MR) is 91.6 cm³/mol. The maximum Gasteiger partial charge on any atom is 0.345 e. The molecule has 0 radical (unpaired) electrons. The molecule has 0 aliphatic rings. The van der Waals surface area contributed by atoms with Gasteiger partial charge in [0.25, 0.3) is 11.6 Å². The SMILES string of the molecule is O=C(COC(=O)c1ccccc1[N+](=O)[O-])Nc1ccc(S(=O)(=O)C(F)F)cc1. The highest BCUT2D eigenvalue weighted by atomic mass is 32.2. The van der Waals surface area contributed by atoms with Crippen LogP contribution in [0.15, 0.2) is 53.4 Å². The minimum atomic E-state index is -4.76. The van der Waals surface area contributed by atoms with Gasteiger partial charge in [-0.05, 0) is 30.3 Å². The number of esters is 1. The molecule has 2 aromatic carbocycles. The summed E-state index contributed by atoms with van der Waals surface area (Å²) in [5.74, 6) is -5.48. The number of nitrogens with zero attached hydrogens (tertiary/aromatic N) is 1. The lowest BCUT2D eigenvalue weighted by Crippen LogP contribution is -2.21. The second kappa shape index (κ2) is 8.52. The molecule has 0 heterocycles. The van der Waals surface area contributed by atoms with E-state index in [0.29, 0.717) is 0 Å². The summed E-state index contributed by atoms with van der Waals surface area (Å²) in [6.07, 6.45) is 0. The normalized spacial score (nSPS) is 11.1. The second-order valence-electron chi connectivity index (χ2n) is 5.23. The van der Waals surface area contributed by atoms with Crippen LogP contribution in [-0.2, 0) is 19.4 Å². The van der Waals surface area contributed by atoms with Gasteiger partial charge in [-0.2, -0.15) is 8.78 Å². The van der Waals surface area contributed by atoms with Gasteiger partial charge in [0, 0.05) is 11.8 Å². The van der Waals surface area contributed by atoms with Crippen molar-refractivity contribution in [2.45, 2.75) is 10.7 Å². The molecule has 0 fully saturated rings. The number of carbonyl (C=O) groups excluding carboxylic acids is 2. The largest absolute Gasteiger partial charge is 0.452 e. The number of hydrogen-bond acceptors (Lipinski definition) is 7. The molecule has 0 aliphatic heterocycles. The number of carbonyl (C=O) groups is 2. The molecule has 0 aliphatic carbocycles. The monoisotopic (exact) mass is 414 g/mol. The molecule has 0 spiro atoms. The number of nitro benzene ring substituents is 1. The molecule has 1 N–H and O–H groups in total. The maximum absolute atomic E-state index is 12.5. The van der Waals surface area contributed by atoms with Crippen molar-refractivity contribution in [3.8, 4) is 0 Å². The molecule has 0 unspecified atom stereocenters. The molecule has 2 rings (SSSR count). The van der Waals surface area contributed by atoms with E-state index >= 15 is 0 Å². The van der Waals surface area contributed by atoms with Crippen molar-refractivity contribution in [1.82, 2.24) is 0 Å². The standard InChI is InChI=1S/C16H12F2N2O7S/c17-16(18)28(25,26)11-7-5-10(6-8-11)19-14(21)9-27-15(22)12-3-1-2-4-13(12)20(23)24/h1-8,16H,9H2,(H,19,21). The third kappa shape index (κ3) is 4.85. The number of hydrogen-bond donors (Lipinski definition) is 1. The Morgan fingerprint density at radius 2 is 1.71 bits per heavy atom. The molecular formula is C16H12F2N2O7S. The van der Waals surface area contributed by atoms with Crippen LogP contribution in [0.25, 0.3) is 0 Å². The van der Waals surface area contributed by atoms with Crippen LogP contribution in [0.3, 0.4) is 0 Å². The Labute approximate surface area is 157 Å². The van der Waals surface area contributed by atoms with E-state index in [1.165, 1.54) is 18.2 Å². The number of anilines is 1. The molecule has 1 amide bonds. The van der Waals surface area contributed by atoms with Crippen LogP contribution < -0.4 is 5.32 Å². The molecule has 148 valence electrons. The Bertz CT molecular complexity index is 1010. The summed E-state index contributed by atoms with van der Waals surface area (Å²) in [4.78, 5) is 33.2. The van der Waals surface area contributed by atoms with E-state index in [9.17, 15) is 36.9 Å². The van der Waals surface area contributed by atoms with E-state index in [4.69, 9.17) is 4.74 Å². The number of halogens is 2. The van der Waals surface area contributed by atoms with Crippen LogP contribution in [0.1, 0.15) is 10.4 Å². The highest BCUT2D eigenvalue weighted by Crippen LogP contribution is 2.21. The van der Waals surface area contributed by atoms with Crippen molar-refractivity contribution in [1.29, 1.82) is 0 Å². The van der Waals surface area contributed by atoms with Crippen molar-refractivity contribution in [2.24, 2.45) is 0 Å². The van der Waals surface area contributed by atoms with Gasteiger partial charge in [0.15, 0.2) is 6.61 Å². The summed E-state index contributed by atoms with van der Waals surface area (Å²) < 4.78 is 52.2. The Kier molecular flexibility index (Phi) is 6.36. The lowest BCUT2D eigenvalue weighted by Gasteiger charge is -2.08. The number of nitro groups is 1. The Morgan fingerprint density at radius 1 is 1.11 bits per heavy atom. The van der Waals surface area contributed by atoms with E-state index in [1.807, 2.05) is 0 Å². The summed E-state index contributed by atoms with van der Waals surface area (Å²) in [5, 5.41) is 13.1. The number of alkyl halides is 2. The van der Waals surface area contributed by atoms with E-state index in [2.05, 4.69) is 5.32 Å². The number of sulfone groups is 1. The van der Waals surface area contributed by atoms with Crippen molar-refractivity contribution >= 4 is 33.1 Å². The minimum absolute atomic E-state index is 0.0694. The zero-order valence-corrected chi connectivity index (χ0v) is 14.7. The van der Waals surface area contributed by atoms with Gasteiger partial charge in [0.1, 0.15) is 5.56 Å². The summed E-state index contributed by atoms with van der Waals surface area (Å²) in [5.41, 5.74) is -0.745. The number of ether oxygens (including phenoxy) is 1. The molecule has 2 aromatic rings. The van der Waals surface area contributed by atoms with E-state index < -0.39 is 49.6 Å². The first kappa shape index (κ1) is 20.9.